The molecule has 3 N–H and O–H groups in total. The van der Waals surface area contributed by atoms with Crippen molar-refractivity contribution in [3.8, 4) is 22.6 Å². The van der Waals surface area contributed by atoms with Crippen molar-refractivity contribution in [3.63, 3.8) is 0 Å². The molecule has 30 heavy (non-hydrogen) atoms. The Morgan fingerprint density at radius 2 is 1.93 bits per heavy atom. The lowest BCUT2D eigenvalue weighted by Gasteiger charge is -2.05. The van der Waals surface area contributed by atoms with Gasteiger partial charge >= 0.3 is 5.65 Å². The van der Waals surface area contributed by atoms with Gasteiger partial charge in [0, 0.05) is 17.3 Å². The monoisotopic (exact) mass is 400 g/mol. The second kappa shape index (κ2) is 7.40. The van der Waals surface area contributed by atoms with Crippen molar-refractivity contribution in [3.05, 3.63) is 84.5 Å². The third-order valence-electron chi connectivity index (χ3n) is 4.81. The number of nitrogens with one attached hydrogen (secondary N) is 3. The first-order chi connectivity index (χ1) is 14.7. The number of hydrogen-bond donors (Lipinski definition) is 3. The Labute approximate surface area is 171 Å². The molecular weight excluding hydrogens is 381 g/mol. The Bertz CT molecular complexity index is 1340. The maximum absolute atomic E-state index is 14.0. The molecule has 0 bridgehead atoms. The highest BCUT2D eigenvalue weighted by molar-refractivity contribution is 5.76. The second-order valence-corrected chi connectivity index (χ2v) is 6.94. The highest BCUT2D eigenvalue weighted by Crippen LogP contribution is 2.29. The molecule has 4 heterocycles. The highest BCUT2D eigenvalue weighted by atomic mass is 19.1. The second-order valence-electron chi connectivity index (χ2n) is 6.94. The number of pyridine rings is 2. The van der Waals surface area contributed by atoms with E-state index in [9.17, 15) is 4.39 Å². The number of benzene rings is 1. The summed E-state index contributed by atoms with van der Waals surface area (Å²) >= 11 is 0. The Kier molecular flexibility index (Phi) is 4.44. The Balaban J connectivity index is 1.56. The third kappa shape index (κ3) is 3.39. The fraction of sp³-hybridized carbons (Fsp3) is 0.0909. The Morgan fingerprint density at radius 3 is 2.80 bits per heavy atom. The summed E-state index contributed by atoms with van der Waals surface area (Å²) in [5.74, 6) is 0.382. The number of nitrogens with zero attached hydrogens (tertiary/aromatic N) is 4. The van der Waals surface area contributed by atoms with Crippen LogP contribution in [0.1, 0.15) is 11.5 Å². The van der Waals surface area contributed by atoms with Crippen LogP contribution in [-0.4, -0.2) is 25.0 Å². The van der Waals surface area contributed by atoms with Gasteiger partial charge in [0.15, 0.2) is 0 Å². The summed E-state index contributed by atoms with van der Waals surface area (Å²) in [5.41, 5.74) is 5.43. The lowest BCUT2D eigenvalue weighted by Crippen LogP contribution is -2.22. The van der Waals surface area contributed by atoms with Gasteiger partial charge in [0.1, 0.15) is 23.5 Å². The van der Waals surface area contributed by atoms with Crippen molar-refractivity contribution >= 4 is 11.3 Å². The van der Waals surface area contributed by atoms with Crippen LogP contribution in [0.25, 0.3) is 28.3 Å². The van der Waals surface area contributed by atoms with Gasteiger partial charge in [-0.15, -0.1) is 4.52 Å². The third-order valence-corrected chi connectivity index (χ3v) is 4.81. The number of para-hydroxylation sites is 1. The smallest absolute Gasteiger partial charge is 0.348 e. The number of aromatic nitrogens is 6. The predicted octanol–water partition coefficient (Wildman–Crippen LogP) is 3.66. The van der Waals surface area contributed by atoms with Crippen LogP contribution in [-0.2, 0) is 6.54 Å². The number of aromatic amines is 2. The fourth-order valence-corrected chi connectivity index (χ4v) is 3.36. The maximum Gasteiger partial charge on any atom is 0.348 e. The van der Waals surface area contributed by atoms with Crippen LogP contribution in [0.5, 0.6) is 0 Å². The largest absolute Gasteiger partial charge is 0.375 e. The minimum absolute atomic E-state index is 0.300. The van der Waals surface area contributed by atoms with Gasteiger partial charge in [0.2, 0.25) is 6.33 Å². The standard InChI is InChI=1S/C22H18FN7/c1-14-5-4-8-18(27-14)22-21(15-9-10-20-25-13-26-30(20)12-15)28-19(29-22)11-24-17-7-3-2-6-16(17)23/h2-10,12-13,24H,11H2,1H3,(H,27,28,29)/p+1. The first-order valence-electron chi connectivity index (χ1n) is 9.54. The molecule has 0 spiro atoms. The molecule has 7 nitrogen and oxygen atoms in total. The molecule has 0 saturated heterocycles. The van der Waals surface area contributed by atoms with E-state index >= 15 is 0 Å². The summed E-state index contributed by atoms with van der Waals surface area (Å²) in [6.45, 7) is 2.30. The molecule has 0 saturated carbocycles. The normalized spacial score (nSPS) is 11.1. The molecular formula is C22H19FN7+. The van der Waals surface area contributed by atoms with Crippen LogP contribution in [0.4, 0.5) is 10.1 Å². The number of aryl methyl sites for hydroxylation is 1. The van der Waals surface area contributed by atoms with Crippen molar-refractivity contribution in [1.82, 2.24) is 25.0 Å². The highest BCUT2D eigenvalue weighted by Gasteiger charge is 2.18. The summed E-state index contributed by atoms with van der Waals surface area (Å²) in [5, 5.41) is 6.15. The van der Waals surface area contributed by atoms with Gasteiger partial charge in [0.05, 0.1) is 23.6 Å². The summed E-state index contributed by atoms with van der Waals surface area (Å²) in [6.07, 6.45) is 3.57. The van der Waals surface area contributed by atoms with Crippen LogP contribution in [0.15, 0.2) is 67.1 Å². The number of fused-ring (bicyclic) bond motifs is 1. The summed E-state index contributed by atoms with van der Waals surface area (Å²) in [4.78, 5) is 17.0. The molecule has 0 radical (unpaired) electrons. The molecule has 8 heteroatoms. The zero-order valence-corrected chi connectivity index (χ0v) is 16.2. The van der Waals surface area contributed by atoms with Gasteiger partial charge in [0.25, 0.3) is 0 Å². The van der Waals surface area contributed by atoms with E-state index < -0.39 is 0 Å². The number of anilines is 1. The molecule has 0 atom stereocenters. The molecule has 4 aromatic heterocycles. The van der Waals surface area contributed by atoms with E-state index in [1.165, 1.54) is 6.07 Å². The predicted molar refractivity (Wildman–Crippen MR) is 111 cm³/mol. The van der Waals surface area contributed by atoms with Gasteiger partial charge in [-0.25, -0.2) is 9.37 Å². The van der Waals surface area contributed by atoms with E-state index in [-0.39, 0.29) is 5.82 Å². The average Bonchev–Trinajstić information content (AvgIpc) is 3.39. The molecule has 1 aromatic carbocycles. The first-order valence-corrected chi connectivity index (χ1v) is 9.54. The number of rotatable bonds is 5. The van der Waals surface area contributed by atoms with Crippen molar-refractivity contribution in [2.75, 3.05) is 5.32 Å². The minimum Gasteiger partial charge on any atom is -0.375 e. The maximum atomic E-state index is 14.0. The lowest BCUT2D eigenvalue weighted by molar-refractivity contribution is -0.576. The van der Waals surface area contributed by atoms with Crippen molar-refractivity contribution in [1.29, 1.82) is 0 Å². The molecule has 0 fully saturated rings. The van der Waals surface area contributed by atoms with E-state index in [0.717, 1.165) is 34.0 Å². The van der Waals surface area contributed by atoms with Crippen LogP contribution in [0.2, 0.25) is 0 Å². The van der Waals surface area contributed by atoms with E-state index in [1.54, 1.807) is 24.5 Å². The molecule has 0 aliphatic rings. The van der Waals surface area contributed by atoms with Crippen molar-refractivity contribution < 1.29 is 8.91 Å². The summed E-state index contributed by atoms with van der Waals surface area (Å²) in [6, 6.07) is 16.3. The zero-order chi connectivity index (χ0) is 20.5. The Morgan fingerprint density at radius 1 is 1.03 bits per heavy atom. The van der Waals surface area contributed by atoms with Crippen molar-refractivity contribution in [2.24, 2.45) is 0 Å². The SMILES string of the molecule is Cc1cccc(-c2[nH]c(CNc3ccccc3F)nc2-c2ccc3nc[nH][n+]3c2)n1. The topological polar surface area (TPSA) is 86.4 Å². The molecule has 148 valence electrons. The fourth-order valence-electron chi connectivity index (χ4n) is 3.36. The lowest BCUT2D eigenvalue weighted by atomic mass is 10.1. The van der Waals surface area contributed by atoms with Crippen molar-refractivity contribution in [2.45, 2.75) is 13.5 Å². The van der Waals surface area contributed by atoms with Crippen LogP contribution in [0, 0.1) is 12.7 Å². The summed E-state index contributed by atoms with van der Waals surface area (Å²) < 4.78 is 15.8. The number of halogens is 1. The van der Waals surface area contributed by atoms with Gasteiger partial charge in [-0.3, -0.25) is 4.98 Å². The average molecular weight is 400 g/mol. The van der Waals surface area contributed by atoms with Gasteiger partial charge in [-0.2, -0.15) is 5.10 Å². The minimum atomic E-state index is -0.300. The molecule has 0 amide bonds. The molecule has 0 aliphatic heterocycles. The van der Waals surface area contributed by atoms with Crippen LogP contribution < -0.4 is 9.83 Å². The van der Waals surface area contributed by atoms with Crippen LogP contribution in [0.3, 0.4) is 0 Å². The van der Waals surface area contributed by atoms with E-state index in [0.29, 0.717) is 18.1 Å². The van der Waals surface area contributed by atoms with Gasteiger partial charge in [-0.1, -0.05) is 18.2 Å². The van der Waals surface area contributed by atoms with Gasteiger partial charge < -0.3 is 10.3 Å². The van der Waals surface area contributed by atoms with E-state index in [2.05, 4.69) is 25.4 Å². The molecule has 0 unspecified atom stereocenters. The van der Waals surface area contributed by atoms with Crippen LogP contribution >= 0.6 is 0 Å². The molecule has 5 rings (SSSR count). The first kappa shape index (κ1) is 18.0. The molecule has 0 aliphatic carbocycles. The Hall–Kier alpha value is -4.07. The number of imidazole rings is 1. The van der Waals surface area contributed by atoms with E-state index in [4.69, 9.17) is 4.98 Å². The molecule has 5 aromatic rings. The van der Waals surface area contributed by atoms with E-state index in [1.807, 2.05) is 48.0 Å². The van der Waals surface area contributed by atoms with Gasteiger partial charge in [-0.05, 0) is 42.2 Å². The number of H-pyrrole nitrogens is 2. The quantitative estimate of drug-likeness (QED) is 0.393. The summed E-state index contributed by atoms with van der Waals surface area (Å²) in [7, 11) is 0. The zero-order valence-electron chi connectivity index (χ0n) is 16.2. The number of hydrogen-bond acceptors (Lipinski definition) is 4.